The highest BCUT2D eigenvalue weighted by molar-refractivity contribution is 5.92. The summed E-state index contributed by atoms with van der Waals surface area (Å²) in [6.07, 6.45) is 8.26. The Kier molecular flexibility index (Phi) is 7.01. The summed E-state index contributed by atoms with van der Waals surface area (Å²) in [5, 5.41) is 3.05. The number of carbonyl (C=O) groups is 1. The van der Waals surface area contributed by atoms with Crippen LogP contribution in [0, 0.1) is 25.7 Å². The molecule has 0 radical (unpaired) electrons. The number of ether oxygens (including phenoxy) is 1. The highest BCUT2D eigenvalue weighted by Crippen LogP contribution is 2.32. The largest absolute Gasteiger partial charge is 0.424 e. The van der Waals surface area contributed by atoms with Gasteiger partial charge in [0.2, 0.25) is 5.91 Å². The fraction of sp³-hybridized carbons (Fsp3) is 0.522. The average Bonchev–Trinajstić information content (AvgIpc) is 2.67. The zero-order valence-corrected chi connectivity index (χ0v) is 17.2. The number of unbranched alkanes of at least 4 members (excludes halogenated alkanes) is 1. The van der Waals surface area contributed by atoms with Gasteiger partial charge in [-0.05, 0) is 75.8 Å². The van der Waals surface area contributed by atoms with E-state index in [-0.39, 0.29) is 11.8 Å². The van der Waals surface area contributed by atoms with Crippen molar-refractivity contribution in [3.05, 3.63) is 41.7 Å². The number of amides is 1. The maximum absolute atomic E-state index is 12.6. The summed E-state index contributed by atoms with van der Waals surface area (Å²) in [6.45, 7) is 6.07. The van der Waals surface area contributed by atoms with E-state index >= 15 is 0 Å². The quantitative estimate of drug-likeness (QED) is 0.656. The molecule has 0 unspecified atom stereocenters. The van der Waals surface area contributed by atoms with Crippen LogP contribution in [0.15, 0.2) is 30.3 Å². The fourth-order valence-electron chi connectivity index (χ4n) is 3.90. The molecule has 3 rings (SSSR count). The molecule has 5 nitrogen and oxygen atoms in total. The molecule has 1 aliphatic rings. The van der Waals surface area contributed by atoms with Crippen LogP contribution in [-0.2, 0) is 4.79 Å². The van der Waals surface area contributed by atoms with Gasteiger partial charge in [-0.25, -0.2) is 9.97 Å². The van der Waals surface area contributed by atoms with Crippen LogP contribution in [0.1, 0.15) is 63.3 Å². The summed E-state index contributed by atoms with van der Waals surface area (Å²) >= 11 is 0. The third-order valence-corrected chi connectivity index (χ3v) is 5.48. The first-order chi connectivity index (χ1) is 13.5. The van der Waals surface area contributed by atoms with Crippen molar-refractivity contribution in [2.24, 2.45) is 11.8 Å². The smallest absolute Gasteiger partial charge is 0.322 e. The maximum Gasteiger partial charge on any atom is 0.322 e. The Labute approximate surface area is 167 Å². The summed E-state index contributed by atoms with van der Waals surface area (Å²) in [5.41, 5.74) is 2.54. The lowest BCUT2D eigenvalue weighted by molar-refractivity contribution is -0.121. The molecule has 5 heteroatoms. The third-order valence-electron chi connectivity index (χ3n) is 5.48. The van der Waals surface area contributed by atoms with Gasteiger partial charge in [0.1, 0.15) is 5.75 Å². The molecule has 1 amide bonds. The van der Waals surface area contributed by atoms with Crippen molar-refractivity contribution in [3.8, 4) is 11.8 Å². The second kappa shape index (κ2) is 9.67. The summed E-state index contributed by atoms with van der Waals surface area (Å²) in [7, 11) is 0. The summed E-state index contributed by atoms with van der Waals surface area (Å²) < 4.78 is 5.73. The molecule has 0 bridgehead atoms. The minimum absolute atomic E-state index is 0.137. The molecule has 1 aliphatic carbocycles. The van der Waals surface area contributed by atoms with E-state index < -0.39 is 0 Å². The Morgan fingerprint density at radius 3 is 2.32 bits per heavy atom. The average molecular weight is 382 g/mol. The summed E-state index contributed by atoms with van der Waals surface area (Å²) in [5.74, 6) is 1.74. The molecule has 1 fully saturated rings. The van der Waals surface area contributed by atoms with Crippen LogP contribution in [0.4, 0.5) is 5.69 Å². The molecule has 1 heterocycles. The first-order valence-electron chi connectivity index (χ1n) is 10.4. The van der Waals surface area contributed by atoms with E-state index in [1.165, 1.54) is 32.1 Å². The number of benzene rings is 1. The first-order valence-corrected chi connectivity index (χ1v) is 10.4. The number of carbonyl (C=O) groups excluding carboxylic acids is 1. The van der Waals surface area contributed by atoms with Gasteiger partial charge in [0.25, 0.3) is 0 Å². The van der Waals surface area contributed by atoms with E-state index in [0.717, 1.165) is 35.8 Å². The zero-order chi connectivity index (χ0) is 19.9. The molecule has 1 aromatic carbocycles. The molecule has 2 aromatic rings. The number of nitrogens with zero attached hydrogens (tertiary/aromatic N) is 2. The number of nitrogens with one attached hydrogen (secondary N) is 1. The van der Waals surface area contributed by atoms with E-state index in [1.54, 1.807) is 0 Å². The van der Waals surface area contributed by atoms with Crippen molar-refractivity contribution in [3.63, 3.8) is 0 Å². The lowest BCUT2D eigenvalue weighted by Gasteiger charge is -2.27. The molecule has 0 atom stereocenters. The van der Waals surface area contributed by atoms with Crippen LogP contribution in [0.5, 0.6) is 11.8 Å². The van der Waals surface area contributed by atoms with Crippen LogP contribution in [0.2, 0.25) is 0 Å². The number of aryl methyl sites for hydroxylation is 2. The van der Waals surface area contributed by atoms with Gasteiger partial charge in [-0.1, -0.05) is 26.2 Å². The van der Waals surface area contributed by atoms with Crippen molar-refractivity contribution < 1.29 is 9.53 Å². The Morgan fingerprint density at radius 2 is 1.71 bits per heavy atom. The Bertz CT molecular complexity index is 761. The van der Waals surface area contributed by atoms with Crippen molar-refractivity contribution in [1.82, 2.24) is 9.97 Å². The van der Waals surface area contributed by atoms with Crippen molar-refractivity contribution in [1.29, 1.82) is 0 Å². The number of aromatic nitrogens is 2. The van der Waals surface area contributed by atoms with Gasteiger partial charge in [-0.15, -0.1) is 0 Å². The first kappa shape index (κ1) is 20.3. The van der Waals surface area contributed by atoms with E-state index in [4.69, 9.17) is 4.74 Å². The zero-order valence-electron chi connectivity index (χ0n) is 17.2. The normalized spacial score (nSPS) is 19.2. The van der Waals surface area contributed by atoms with E-state index in [1.807, 2.05) is 44.2 Å². The van der Waals surface area contributed by atoms with Crippen LogP contribution < -0.4 is 10.1 Å². The minimum atomic E-state index is 0.137. The highest BCUT2D eigenvalue weighted by Gasteiger charge is 2.26. The second-order valence-electron chi connectivity index (χ2n) is 7.91. The van der Waals surface area contributed by atoms with Crippen LogP contribution in [0.3, 0.4) is 0 Å². The molecule has 150 valence electrons. The molecule has 0 spiro atoms. The van der Waals surface area contributed by atoms with Gasteiger partial charge in [-0.2, -0.15) is 0 Å². The van der Waals surface area contributed by atoms with E-state index in [2.05, 4.69) is 22.2 Å². The number of anilines is 1. The fourth-order valence-corrected chi connectivity index (χ4v) is 3.90. The molecule has 28 heavy (non-hydrogen) atoms. The van der Waals surface area contributed by atoms with Gasteiger partial charge >= 0.3 is 6.01 Å². The molecular formula is C23H31N3O2. The number of rotatable bonds is 7. The Hall–Kier alpha value is -2.43. The second-order valence-corrected chi connectivity index (χ2v) is 7.91. The third kappa shape index (κ3) is 5.78. The predicted octanol–water partition coefficient (Wildman–Crippen LogP) is 5.82. The van der Waals surface area contributed by atoms with Crippen molar-refractivity contribution in [2.45, 2.75) is 65.7 Å². The summed E-state index contributed by atoms with van der Waals surface area (Å²) in [4.78, 5) is 21.1. The Balaban J connectivity index is 1.51. The highest BCUT2D eigenvalue weighted by atomic mass is 16.5. The van der Waals surface area contributed by atoms with Gasteiger partial charge in [-0.3, -0.25) is 4.79 Å². The summed E-state index contributed by atoms with van der Waals surface area (Å²) in [6, 6.07) is 9.64. The molecule has 1 aromatic heterocycles. The van der Waals surface area contributed by atoms with E-state index in [0.29, 0.717) is 11.8 Å². The molecule has 1 N–H and O–H groups in total. The van der Waals surface area contributed by atoms with Gasteiger partial charge in [0, 0.05) is 23.0 Å². The number of hydrogen-bond acceptors (Lipinski definition) is 4. The van der Waals surface area contributed by atoms with Crippen molar-refractivity contribution in [2.75, 3.05) is 5.32 Å². The molecule has 0 aliphatic heterocycles. The van der Waals surface area contributed by atoms with Gasteiger partial charge in [0.15, 0.2) is 0 Å². The predicted molar refractivity (Wildman–Crippen MR) is 112 cm³/mol. The maximum atomic E-state index is 12.6. The SMILES string of the molecule is CCCCC1CCC(C(=O)Nc2ccc(Oc3nc(C)cc(C)n3)cc2)CC1. The van der Waals surface area contributed by atoms with Gasteiger partial charge < -0.3 is 10.1 Å². The molecular weight excluding hydrogens is 350 g/mol. The monoisotopic (exact) mass is 381 g/mol. The van der Waals surface area contributed by atoms with Crippen LogP contribution in [-0.4, -0.2) is 15.9 Å². The topological polar surface area (TPSA) is 64.1 Å². The standard InChI is InChI=1S/C23H31N3O2/c1-4-5-6-18-7-9-19(10-8-18)22(27)26-20-11-13-21(14-12-20)28-23-24-16(2)15-17(3)25-23/h11-15,18-19H,4-10H2,1-3H3,(H,26,27). The van der Waals surface area contributed by atoms with Crippen LogP contribution >= 0.6 is 0 Å². The molecule has 0 saturated heterocycles. The Morgan fingerprint density at radius 1 is 1.07 bits per heavy atom. The molecule has 1 saturated carbocycles. The van der Waals surface area contributed by atoms with E-state index in [9.17, 15) is 4.79 Å². The van der Waals surface area contributed by atoms with Crippen LogP contribution in [0.25, 0.3) is 0 Å². The number of hydrogen-bond donors (Lipinski definition) is 1. The van der Waals surface area contributed by atoms with Gasteiger partial charge in [0.05, 0.1) is 0 Å². The minimum Gasteiger partial charge on any atom is -0.424 e. The van der Waals surface area contributed by atoms with Crippen molar-refractivity contribution >= 4 is 11.6 Å². The lowest BCUT2D eigenvalue weighted by Crippen LogP contribution is -2.27. The lowest BCUT2D eigenvalue weighted by atomic mass is 9.79.